The Bertz CT molecular complexity index is 690. The number of ether oxygens (including phenoxy) is 1. The molecule has 1 aromatic carbocycles. The average molecular weight is 347 g/mol. The third-order valence-electron chi connectivity index (χ3n) is 5.07. The predicted molar refractivity (Wildman–Crippen MR) is 89.1 cm³/mol. The topological polar surface area (TPSA) is 122 Å². The first-order chi connectivity index (χ1) is 11.9. The molecule has 1 aliphatic heterocycles. The summed E-state index contributed by atoms with van der Waals surface area (Å²) in [5.74, 6) is -0.872. The van der Waals surface area contributed by atoms with Crippen molar-refractivity contribution in [1.29, 1.82) is 0 Å². The largest absolute Gasteiger partial charge is 0.484 e. The van der Waals surface area contributed by atoms with E-state index in [2.05, 4.69) is 5.32 Å². The van der Waals surface area contributed by atoms with Gasteiger partial charge in [-0.3, -0.25) is 9.59 Å². The van der Waals surface area contributed by atoms with Crippen LogP contribution in [-0.2, 0) is 9.59 Å². The molecule has 0 radical (unpaired) electrons. The molecule has 4 N–H and O–H groups in total. The highest BCUT2D eigenvalue weighted by atomic mass is 16.5. The Morgan fingerprint density at radius 1 is 1.32 bits per heavy atom. The Labute approximate surface area is 144 Å². The van der Waals surface area contributed by atoms with Gasteiger partial charge in [-0.1, -0.05) is 6.42 Å². The number of carbonyl (C=O) groups is 3. The van der Waals surface area contributed by atoms with E-state index in [0.29, 0.717) is 24.4 Å². The molecule has 8 nitrogen and oxygen atoms in total. The maximum Gasteiger partial charge on any atom is 0.321 e. The number of nitrogens with one attached hydrogen (secondary N) is 1. The zero-order valence-electron chi connectivity index (χ0n) is 13.7. The van der Waals surface area contributed by atoms with Crippen LogP contribution in [0.4, 0.5) is 10.5 Å². The number of aliphatic carboxylic acids is 1. The van der Waals surface area contributed by atoms with Crippen molar-refractivity contribution < 1.29 is 24.2 Å². The van der Waals surface area contributed by atoms with Gasteiger partial charge < -0.3 is 25.8 Å². The Balaban J connectivity index is 1.60. The van der Waals surface area contributed by atoms with Crippen molar-refractivity contribution in [1.82, 2.24) is 4.90 Å². The van der Waals surface area contributed by atoms with Crippen LogP contribution < -0.4 is 15.8 Å². The standard InChI is InChI=1S/C17H21N3O5/c18-14(21)9-25-13-5-3-12(4-6-13)19-16(24)20-8-11-2-1-7-17(11,10-20)15(22)23/h3-6,11H,1-2,7-10H2,(H2,18,21)(H,19,24)(H,22,23)/t11-,17+/m0/s1. The first-order valence-corrected chi connectivity index (χ1v) is 8.21. The van der Waals surface area contributed by atoms with E-state index in [1.807, 2.05) is 0 Å². The molecule has 2 fully saturated rings. The summed E-state index contributed by atoms with van der Waals surface area (Å²) in [6.45, 7) is 0.509. The SMILES string of the molecule is NC(=O)COc1ccc(NC(=O)N2C[C@@H]3CCC[C@@]3(C(=O)O)C2)cc1. The molecular formula is C17H21N3O5. The van der Waals surface area contributed by atoms with Gasteiger partial charge in [0.05, 0.1) is 5.41 Å². The molecule has 1 aliphatic carbocycles. The van der Waals surface area contributed by atoms with Crippen LogP contribution in [0.25, 0.3) is 0 Å². The number of urea groups is 1. The lowest BCUT2D eigenvalue weighted by Crippen LogP contribution is -2.38. The van der Waals surface area contributed by atoms with E-state index < -0.39 is 17.3 Å². The smallest absolute Gasteiger partial charge is 0.321 e. The monoisotopic (exact) mass is 347 g/mol. The lowest BCUT2D eigenvalue weighted by atomic mass is 9.81. The third kappa shape index (κ3) is 3.38. The molecular weight excluding hydrogens is 326 g/mol. The molecule has 8 heteroatoms. The van der Waals surface area contributed by atoms with Gasteiger partial charge in [-0.25, -0.2) is 4.79 Å². The maximum absolute atomic E-state index is 12.4. The fourth-order valence-corrected chi connectivity index (χ4v) is 3.79. The van der Waals surface area contributed by atoms with Gasteiger partial charge in [-0.15, -0.1) is 0 Å². The number of anilines is 1. The molecule has 2 atom stereocenters. The van der Waals surface area contributed by atoms with Crippen molar-refractivity contribution in [2.45, 2.75) is 19.3 Å². The zero-order chi connectivity index (χ0) is 18.0. The number of amides is 3. The van der Waals surface area contributed by atoms with Gasteiger partial charge in [-0.2, -0.15) is 0 Å². The van der Waals surface area contributed by atoms with Crippen molar-refractivity contribution in [3.63, 3.8) is 0 Å². The molecule has 134 valence electrons. The van der Waals surface area contributed by atoms with Gasteiger partial charge in [0.15, 0.2) is 6.61 Å². The van der Waals surface area contributed by atoms with E-state index >= 15 is 0 Å². The number of carboxylic acids is 1. The summed E-state index contributed by atoms with van der Waals surface area (Å²) in [5.41, 5.74) is 4.79. The second-order valence-corrected chi connectivity index (χ2v) is 6.64. The van der Waals surface area contributed by atoms with Gasteiger partial charge in [0.2, 0.25) is 0 Å². The molecule has 25 heavy (non-hydrogen) atoms. The molecule has 3 amide bonds. The summed E-state index contributed by atoms with van der Waals surface area (Å²) >= 11 is 0. The van der Waals surface area contributed by atoms with Crippen molar-refractivity contribution in [3.05, 3.63) is 24.3 Å². The van der Waals surface area contributed by atoms with Gasteiger partial charge in [0.1, 0.15) is 5.75 Å². The quantitative estimate of drug-likeness (QED) is 0.740. The highest BCUT2D eigenvalue weighted by Gasteiger charge is 2.55. The number of primary amides is 1. The lowest BCUT2D eigenvalue weighted by molar-refractivity contribution is -0.149. The van der Waals surface area contributed by atoms with Crippen LogP contribution in [0.3, 0.4) is 0 Å². The Morgan fingerprint density at radius 2 is 2.04 bits per heavy atom. The fraction of sp³-hybridized carbons (Fsp3) is 0.471. The van der Waals surface area contributed by atoms with Crippen molar-refractivity contribution in [2.24, 2.45) is 17.1 Å². The molecule has 1 saturated heterocycles. The third-order valence-corrected chi connectivity index (χ3v) is 5.07. The number of benzene rings is 1. The molecule has 3 rings (SSSR count). The van der Waals surface area contributed by atoms with E-state index in [9.17, 15) is 19.5 Å². The van der Waals surface area contributed by atoms with Crippen LogP contribution >= 0.6 is 0 Å². The van der Waals surface area contributed by atoms with E-state index in [4.69, 9.17) is 10.5 Å². The van der Waals surface area contributed by atoms with Crippen molar-refractivity contribution >= 4 is 23.6 Å². The minimum atomic E-state index is -0.804. The summed E-state index contributed by atoms with van der Waals surface area (Å²) in [6, 6.07) is 6.24. The van der Waals surface area contributed by atoms with Gasteiger partial charge in [-0.05, 0) is 43.0 Å². The number of hydrogen-bond donors (Lipinski definition) is 3. The summed E-state index contributed by atoms with van der Waals surface area (Å²) < 4.78 is 5.15. The molecule has 0 aromatic heterocycles. The summed E-state index contributed by atoms with van der Waals surface area (Å²) in [5, 5.41) is 12.3. The molecule has 1 saturated carbocycles. The minimum absolute atomic E-state index is 0.0281. The van der Waals surface area contributed by atoms with Crippen molar-refractivity contribution in [3.8, 4) is 5.75 Å². The number of hydrogen-bond acceptors (Lipinski definition) is 4. The van der Waals surface area contributed by atoms with Crippen molar-refractivity contribution in [2.75, 3.05) is 25.0 Å². The Hall–Kier alpha value is -2.77. The molecule has 0 spiro atoms. The number of nitrogens with two attached hydrogens (primary N) is 1. The average Bonchev–Trinajstić information content (AvgIpc) is 3.12. The normalized spacial score (nSPS) is 24.6. The van der Waals surface area contributed by atoms with E-state index in [0.717, 1.165) is 12.8 Å². The fourth-order valence-electron chi connectivity index (χ4n) is 3.79. The zero-order valence-corrected chi connectivity index (χ0v) is 13.7. The molecule has 2 aliphatic rings. The second-order valence-electron chi connectivity index (χ2n) is 6.64. The van der Waals surface area contributed by atoms with Gasteiger partial charge >= 0.3 is 12.0 Å². The van der Waals surface area contributed by atoms with Crippen LogP contribution in [0, 0.1) is 11.3 Å². The van der Waals surface area contributed by atoms with Crippen LogP contribution in [0.15, 0.2) is 24.3 Å². The second kappa shape index (κ2) is 6.62. The van der Waals surface area contributed by atoms with Crippen LogP contribution in [0.5, 0.6) is 5.75 Å². The van der Waals surface area contributed by atoms with Gasteiger partial charge in [0.25, 0.3) is 5.91 Å². The predicted octanol–water partition coefficient (Wildman–Crippen LogP) is 1.27. The number of likely N-dealkylation sites (tertiary alicyclic amines) is 1. The minimum Gasteiger partial charge on any atom is -0.484 e. The first-order valence-electron chi connectivity index (χ1n) is 8.21. The number of carbonyl (C=O) groups excluding carboxylic acids is 2. The van der Waals surface area contributed by atoms with Crippen LogP contribution in [0.2, 0.25) is 0 Å². The number of carboxylic acid groups (broad SMARTS) is 1. The molecule has 0 unspecified atom stereocenters. The highest BCUT2D eigenvalue weighted by molar-refractivity contribution is 5.90. The number of rotatable bonds is 5. The summed E-state index contributed by atoms with van der Waals surface area (Å²) in [7, 11) is 0. The van der Waals surface area contributed by atoms with E-state index in [1.54, 1.807) is 29.2 Å². The lowest BCUT2D eigenvalue weighted by Gasteiger charge is -2.23. The van der Waals surface area contributed by atoms with E-state index in [1.165, 1.54) is 0 Å². The number of fused-ring (bicyclic) bond motifs is 1. The summed E-state index contributed by atoms with van der Waals surface area (Å²) in [4.78, 5) is 36.4. The number of nitrogens with zero attached hydrogens (tertiary/aromatic N) is 1. The molecule has 0 bridgehead atoms. The Morgan fingerprint density at radius 3 is 2.64 bits per heavy atom. The van der Waals surface area contributed by atoms with Crippen LogP contribution in [0.1, 0.15) is 19.3 Å². The van der Waals surface area contributed by atoms with E-state index in [-0.39, 0.29) is 25.1 Å². The van der Waals surface area contributed by atoms with Gasteiger partial charge in [0, 0.05) is 18.8 Å². The Kier molecular flexibility index (Phi) is 4.52. The molecule has 1 aromatic rings. The first kappa shape index (κ1) is 17.1. The summed E-state index contributed by atoms with van der Waals surface area (Å²) in [6.07, 6.45) is 2.38. The molecule has 1 heterocycles. The maximum atomic E-state index is 12.4. The highest BCUT2D eigenvalue weighted by Crippen LogP contribution is 2.48. The van der Waals surface area contributed by atoms with Crippen LogP contribution in [-0.4, -0.2) is 47.6 Å².